The second kappa shape index (κ2) is 7.61. The lowest BCUT2D eigenvalue weighted by molar-refractivity contribution is 0.0491. The van der Waals surface area contributed by atoms with Crippen LogP contribution in [0.25, 0.3) is 11.0 Å². The Balaban J connectivity index is 1.90. The van der Waals surface area contributed by atoms with Gasteiger partial charge in [0.2, 0.25) is 15.8 Å². The number of nitrogens with zero attached hydrogens (tertiary/aromatic N) is 1. The van der Waals surface area contributed by atoms with Crippen LogP contribution < -0.4 is 5.73 Å². The molecule has 1 aromatic carbocycles. The molecule has 0 spiro atoms. The smallest absolute Gasteiger partial charge is 0.374 e. The third-order valence-electron chi connectivity index (χ3n) is 5.25. The number of aryl methyl sites for hydroxylation is 1. The molecular formula is C19H26N2O5S. The minimum atomic E-state index is -3.61. The van der Waals surface area contributed by atoms with Crippen molar-refractivity contribution in [3.05, 3.63) is 29.5 Å². The maximum atomic E-state index is 13.0. The molecule has 0 bridgehead atoms. The second-order valence-corrected chi connectivity index (χ2v) is 8.97. The first-order chi connectivity index (χ1) is 12.8. The number of nitrogens with two attached hydrogens (primary N) is 1. The van der Waals surface area contributed by atoms with Crippen LogP contribution in [0.1, 0.15) is 42.8 Å². The first-order valence-electron chi connectivity index (χ1n) is 9.21. The van der Waals surface area contributed by atoms with E-state index in [0.29, 0.717) is 35.5 Å². The lowest BCUT2D eigenvalue weighted by Gasteiger charge is -2.32. The van der Waals surface area contributed by atoms with E-state index in [-0.39, 0.29) is 23.3 Å². The van der Waals surface area contributed by atoms with Crippen molar-refractivity contribution in [2.45, 2.75) is 44.6 Å². The van der Waals surface area contributed by atoms with E-state index < -0.39 is 16.0 Å². The predicted molar refractivity (Wildman–Crippen MR) is 102 cm³/mol. The van der Waals surface area contributed by atoms with Gasteiger partial charge in [-0.3, -0.25) is 0 Å². The summed E-state index contributed by atoms with van der Waals surface area (Å²) in [6.45, 7) is 6.58. The quantitative estimate of drug-likeness (QED) is 0.782. The maximum absolute atomic E-state index is 13.0. The Morgan fingerprint density at radius 3 is 2.63 bits per heavy atom. The Kier molecular flexibility index (Phi) is 5.60. The zero-order valence-corrected chi connectivity index (χ0v) is 16.7. The zero-order valence-electron chi connectivity index (χ0n) is 15.9. The number of ether oxygens (including phenoxy) is 1. The second-order valence-electron chi connectivity index (χ2n) is 7.04. The van der Waals surface area contributed by atoms with Crippen LogP contribution in [-0.4, -0.2) is 44.4 Å². The third-order valence-corrected chi connectivity index (χ3v) is 7.14. The van der Waals surface area contributed by atoms with Gasteiger partial charge in [-0.25, -0.2) is 13.2 Å². The molecule has 0 amide bonds. The highest BCUT2D eigenvalue weighted by Gasteiger charge is 2.31. The van der Waals surface area contributed by atoms with Crippen molar-refractivity contribution in [3.63, 3.8) is 0 Å². The SMILES string of the molecule is CCOC(=O)c1oc2ccc(S(=O)(=O)N3CCC(C(C)N)CC3)cc2c1C. The summed E-state index contributed by atoms with van der Waals surface area (Å²) >= 11 is 0. The summed E-state index contributed by atoms with van der Waals surface area (Å²) in [6, 6.07) is 4.75. The van der Waals surface area contributed by atoms with Crippen LogP contribution in [0.15, 0.2) is 27.5 Å². The van der Waals surface area contributed by atoms with Gasteiger partial charge in [-0.1, -0.05) is 0 Å². The first kappa shape index (κ1) is 19.9. The third kappa shape index (κ3) is 3.74. The number of benzene rings is 1. The van der Waals surface area contributed by atoms with Gasteiger partial charge in [-0.2, -0.15) is 4.31 Å². The van der Waals surface area contributed by atoms with E-state index in [1.165, 1.54) is 10.4 Å². The van der Waals surface area contributed by atoms with Crippen LogP contribution in [0.4, 0.5) is 0 Å². The van der Waals surface area contributed by atoms with Crippen LogP contribution in [0, 0.1) is 12.8 Å². The lowest BCUT2D eigenvalue weighted by Crippen LogP contribution is -2.42. The molecule has 27 heavy (non-hydrogen) atoms. The number of hydrogen-bond donors (Lipinski definition) is 1. The number of carbonyl (C=O) groups is 1. The molecule has 3 rings (SSSR count). The molecule has 1 aliphatic heterocycles. The molecule has 0 aliphatic carbocycles. The van der Waals surface area contributed by atoms with Gasteiger partial charge in [0.1, 0.15) is 5.58 Å². The van der Waals surface area contributed by atoms with Gasteiger partial charge in [-0.15, -0.1) is 0 Å². The molecule has 1 aliphatic rings. The summed E-state index contributed by atoms with van der Waals surface area (Å²) in [5, 5.41) is 0.601. The summed E-state index contributed by atoms with van der Waals surface area (Å²) in [6.07, 6.45) is 1.52. The molecule has 1 aromatic heterocycles. The van der Waals surface area contributed by atoms with Crippen molar-refractivity contribution in [2.75, 3.05) is 19.7 Å². The molecule has 148 valence electrons. The van der Waals surface area contributed by atoms with Crippen molar-refractivity contribution < 1.29 is 22.4 Å². The van der Waals surface area contributed by atoms with E-state index in [0.717, 1.165) is 12.8 Å². The molecule has 1 unspecified atom stereocenters. The molecule has 1 saturated heterocycles. The van der Waals surface area contributed by atoms with Crippen molar-refractivity contribution in [3.8, 4) is 0 Å². The molecule has 8 heteroatoms. The van der Waals surface area contributed by atoms with E-state index in [1.807, 2.05) is 6.92 Å². The van der Waals surface area contributed by atoms with Crippen LogP contribution in [0.5, 0.6) is 0 Å². The average Bonchev–Trinajstić information content (AvgIpc) is 2.98. The van der Waals surface area contributed by atoms with E-state index >= 15 is 0 Å². The molecule has 0 radical (unpaired) electrons. The number of esters is 1. The lowest BCUT2D eigenvalue weighted by atomic mass is 9.92. The Morgan fingerprint density at radius 2 is 2.04 bits per heavy atom. The van der Waals surface area contributed by atoms with Crippen molar-refractivity contribution in [1.82, 2.24) is 4.31 Å². The Morgan fingerprint density at radius 1 is 1.37 bits per heavy atom. The van der Waals surface area contributed by atoms with Crippen molar-refractivity contribution in [1.29, 1.82) is 0 Å². The first-order valence-corrected chi connectivity index (χ1v) is 10.7. The highest BCUT2D eigenvalue weighted by Crippen LogP contribution is 2.31. The molecule has 0 saturated carbocycles. The van der Waals surface area contributed by atoms with Gasteiger partial charge < -0.3 is 14.9 Å². The highest BCUT2D eigenvalue weighted by atomic mass is 32.2. The summed E-state index contributed by atoms with van der Waals surface area (Å²) < 4.78 is 38.1. The number of hydrogen-bond acceptors (Lipinski definition) is 6. The van der Waals surface area contributed by atoms with Gasteiger partial charge in [0.25, 0.3) is 0 Å². The predicted octanol–water partition coefficient (Wildman–Crippen LogP) is 2.67. The van der Waals surface area contributed by atoms with E-state index in [1.54, 1.807) is 26.0 Å². The Labute approximate surface area is 159 Å². The molecule has 7 nitrogen and oxygen atoms in total. The number of sulfonamides is 1. The topological polar surface area (TPSA) is 103 Å². The molecule has 1 atom stereocenters. The van der Waals surface area contributed by atoms with Crippen LogP contribution in [0.3, 0.4) is 0 Å². The number of fused-ring (bicyclic) bond motifs is 1. The largest absolute Gasteiger partial charge is 0.460 e. The number of piperidine rings is 1. The normalized spacial score (nSPS) is 17.9. The van der Waals surface area contributed by atoms with Gasteiger partial charge >= 0.3 is 5.97 Å². The fourth-order valence-electron chi connectivity index (χ4n) is 3.54. The minimum absolute atomic E-state index is 0.0704. The van der Waals surface area contributed by atoms with Crippen LogP contribution >= 0.6 is 0 Å². The molecule has 1 fully saturated rings. The summed E-state index contributed by atoms with van der Waals surface area (Å²) in [4.78, 5) is 12.2. The molecule has 2 N–H and O–H groups in total. The van der Waals surface area contributed by atoms with Gasteiger partial charge in [0.05, 0.1) is 11.5 Å². The van der Waals surface area contributed by atoms with E-state index in [2.05, 4.69) is 0 Å². The number of rotatable bonds is 5. The van der Waals surface area contributed by atoms with Gasteiger partial charge in [-0.05, 0) is 57.7 Å². The average molecular weight is 394 g/mol. The number of furan rings is 1. The Bertz CT molecular complexity index is 940. The van der Waals surface area contributed by atoms with E-state index in [4.69, 9.17) is 14.9 Å². The zero-order chi connectivity index (χ0) is 19.8. The summed E-state index contributed by atoms with van der Waals surface area (Å²) in [7, 11) is -3.61. The van der Waals surface area contributed by atoms with Crippen LogP contribution in [0.2, 0.25) is 0 Å². The standard InChI is InChI=1S/C19H26N2O5S/c1-4-25-19(22)18-12(2)16-11-15(5-6-17(16)26-18)27(23,24)21-9-7-14(8-10-21)13(3)20/h5-6,11,13-14H,4,7-10,20H2,1-3H3. The van der Waals surface area contributed by atoms with Gasteiger partial charge in [0.15, 0.2) is 0 Å². The van der Waals surface area contributed by atoms with Gasteiger partial charge in [0, 0.05) is 30.1 Å². The highest BCUT2D eigenvalue weighted by molar-refractivity contribution is 7.89. The van der Waals surface area contributed by atoms with Crippen molar-refractivity contribution in [2.24, 2.45) is 11.7 Å². The minimum Gasteiger partial charge on any atom is -0.460 e. The van der Waals surface area contributed by atoms with Crippen LogP contribution in [-0.2, 0) is 14.8 Å². The monoisotopic (exact) mass is 394 g/mol. The Hall–Kier alpha value is -1.90. The fourth-order valence-corrected chi connectivity index (χ4v) is 5.04. The number of carbonyl (C=O) groups excluding carboxylic acids is 1. The van der Waals surface area contributed by atoms with E-state index in [9.17, 15) is 13.2 Å². The summed E-state index contributed by atoms with van der Waals surface area (Å²) in [5.41, 5.74) is 6.99. The molecular weight excluding hydrogens is 368 g/mol. The maximum Gasteiger partial charge on any atom is 0.374 e. The summed E-state index contributed by atoms with van der Waals surface area (Å²) in [5.74, 6) is -0.0880. The molecule has 2 heterocycles. The van der Waals surface area contributed by atoms with Crippen molar-refractivity contribution >= 4 is 27.0 Å². The fraction of sp³-hybridized carbons (Fsp3) is 0.526. The molecule has 2 aromatic rings.